The molecule has 3 heteroatoms. The molecule has 0 aromatic heterocycles. The lowest BCUT2D eigenvalue weighted by molar-refractivity contribution is -0.0435. The molecular weight excluding hydrogens is 224 g/mol. The molecule has 4 atom stereocenters. The minimum absolute atomic E-state index is 0.366. The van der Waals surface area contributed by atoms with Crippen LogP contribution in [0.4, 0.5) is 0 Å². The van der Waals surface area contributed by atoms with Crippen LogP contribution in [0.1, 0.15) is 40.0 Å². The van der Waals surface area contributed by atoms with E-state index in [0.29, 0.717) is 17.5 Å². The van der Waals surface area contributed by atoms with Gasteiger partial charge in [-0.25, -0.2) is 0 Å². The number of hydrogen-bond acceptors (Lipinski definition) is 3. The fourth-order valence-electron chi connectivity index (χ4n) is 3.89. The summed E-state index contributed by atoms with van der Waals surface area (Å²) >= 11 is 0. The fourth-order valence-corrected chi connectivity index (χ4v) is 3.89. The summed E-state index contributed by atoms with van der Waals surface area (Å²) in [5, 5.41) is 3.82. The van der Waals surface area contributed by atoms with Crippen LogP contribution in [0.2, 0.25) is 0 Å². The van der Waals surface area contributed by atoms with E-state index in [0.717, 1.165) is 31.7 Å². The number of hydrogen-bond donors (Lipinski definition) is 1. The van der Waals surface area contributed by atoms with Gasteiger partial charge >= 0.3 is 0 Å². The van der Waals surface area contributed by atoms with E-state index in [1.165, 1.54) is 25.8 Å². The summed E-state index contributed by atoms with van der Waals surface area (Å²) in [6.07, 6.45) is 4.07. The summed E-state index contributed by atoms with van der Waals surface area (Å²) in [6, 6.07) is 1.40. The first-order chi connectivity index (χ1) is 8.60. The molecular formula is C15H28N2O. The van der Waals surface area contributed by atoms with Crippen LogP contribution in [0.3, 0.4) is 0 Å². The predicted octanol–water partition coefficient (Wildman–Crippen LogP) is 1.87. The first-order valence-corrected chi connectivity index (χ1v) is 7.69. The highest BCUT2D eigenvalue weighted by Gasteiger charge is 2.47. The predicted molar refractivity (Wildman–Crippen MR) is 73.7 cm³/mol. The molecule has 0 radical (unpaired) electrons. The second-order valence-electron chi connectivity index (χ2n) is 7.00. The Morgan fingerprint density at radius 1 is 1.22 bits per heavy atom. The number of nitrogens with one attached hydrogen (secondary N) is 1. The van der Waals surface area contributed by atoms with Gasteiger partial charge in [0.05, 0.1) is 6.61 Å². The van der Waals surface area contributed by atoms with Gasteiger partial charge in [0.25, 0.3) is 0 Å². The van der Waals surface area contributed by atoms with Crippen LogP contribution in [0, 0.1) is 11.8 Å². The van der Waals surface area contributed by atoms with Crippen molar-refractivity contribution in [1.29, 1.82) is 0 Å². The maximum Gasteiger partial charge on any atom is 0.0506 e. The van der Waals surface area contributed by atoms with Gasteiger partial charge in [-0.3, -0.25) is 4.90 Å². The van der Waals surface area contributed by atoms with Crippen LogP contribution < -0.4 is 5.32 Å². The Kier molecular flexibility index (Phi) is 3.41. The Labute approximate surface area is 111 Å². The second-order valence-corrected chi connectivity index (χ2v) is 7.00. The van der Waals surface area contributed by atoms with Gasteiger partial charge in [-0.05, 0) is 44.9 Å². The van der Waals surface area contributed by atoms with Gasteiger partial charge in [0.2, 0.25) is 0 Å². The molecule has 2 saturated heterocycles. The zero-order valence-electron chi connectivity index (χ0n) is 12.1. The molecule has 0 bridgehead atoms. The van der Waals surface area contributed by atoms with Crippen molar-refractivity contribution in [2.45, 2.75) is 57.7 Å². The van der Waals surface area contributed by atoms with E-state index >= 15 is 0 Å². The first-order valence-electron chi connectivity index (χ1n) is 7.69. The van der Waals surface area contributed by atoms with E-state index in [2.05, 4.69) is 31.0 Å². The van der Waals surface area contributed by atoms with Crippen molar-refractivity contribution in [3.8, 4) is 0 Å². The average Bonchev–Trinajstić information content (AvgIpc) is 3.18. The largest absolute Gasteiger partial charge is 0.381 e. The van der Waals surface area contributed by atoms with Crippen molar-refractivity contribution in [3.63, 3.8) is 0 Å². The molecule has 4 unspecified atom stereocenters. The second kappa shape index (κ2) is 4.77. The molecule has 1 saturated carbocycles. The SMILES string of the molecule is CC1COCCC1N1CC(C)(C2CC2)NCC1C. The van der Waals surface area contributed by atoms with Crippen LogP contribution in [0.25, 0.3) is 0 Å². The van der Waals surface area contributed by atoms with Gasteiger partial charge in [0, 0.05) is 37.3 Å². The van der Waals surface area contributed by atoms with Crippen molar-refractivity contribution < 1.29 is 4.74 Å². The Hall–Kier alpha value is -0.120. The zero-order valence-corrected chi connectivity index (χ0v) is 12.1. The molecule has 18 heavy (non-hydrogen) atoms. The monoisotopic (exact) mass is 252 g/mol. The molecule has 104 valence electrons. The summed E-state index contributed by atoms with van der Waals surface area (Å²) in [6.45, 7) is 11.4. The standard InChI is InChI=1S/C15H28N2O/c1-11-9-18-7-6-14(11)17-10-15(3,13-4-5-13)16-8-12(17)2/h11-14,16H,4-10H2,1-3H3. The van der Waals surface area contributed by atoms with Crippen molar-refractivity contribution in [1.82, 2.24) is 10.2 Å². The van der Waals surface area contributed by atoms with Gasteiger partial charge in [-0.2, -0.15) is 0 Å². The molecule has 3 nitrogen and oxygen atoms in total. The number of nitrogens with zero attached hydrogens (tertiary/aromatic N) is 1. The number of piperazine rings is 1. The third-order valence-corrected chi connectivity index (χ3v) is 5.38. The maximum atomic E-state index is 5.61. The topological polar surface area (TPSA) is 24.5 Å². The summed E-state index contributed by atoms with van der Waals surface area (Å²) < 4.78 is 5.61. The van der Waals surface area contributed by atoms with Crippen LogP contribution in [0.5, 0.6) is 0 Å². The van der Waals surface area contributed by atoms with Gasteiger partial charge in [0.15, 0.2) is 0 Å². The number of ether oxygens (including phenoxy) is 1. The van der Waals surface area contributed by atoms with Gasteiger partial charge < -0.3 is 10.1 Å². The van der Waals surface area contributed by atoms with E-state index in [4.69, 9.17) is 4.74 Å². The maximum absolute atomic E-state index is 5.61. The lowest BCUT2D eigenvalue weighted by atomic mass is 9.87. The van der Waals surface area contributed by atoms with Crippen molar-refractivity contribution in [2.75, 3.05) is 26.3 Å². The highest BCUT2D eigenvalue weighted by Crippen LogP contribution is 2.42. The zero-order chi connectivity index (χ0) is 12.8. The molecule has 0 amide bonds. The molecule has 1 N–H and O–H groups in total. The summed E-state index contributed by atoms with van der Waals surface area (Å²) in [4.78, 5) is 2.78. The minimum Gasteiger partial charge on any atom is -0.381 e. The number of rotatable bonds is 2. The normalized spacial score (nSPS) is 47.2. The summed E-state index contributed by atoms with van der Waals surface area (Å²) in [7, 11) is 0. The van der Waals surface area contributed by atoms with E-state index in [1.54, 1.807) is 0 Å². The Morgan fingerprint density at radius 3 is 2.67 bits per heavy atom. The third kappa shape index (κ3) is 2.33. The van der Waals surface area contributed by atoms with Crippen molar-refractivity contribution in [2.24, 2.45) is 11.8 Å². The van der Waals surface area contributed by atoms with Crippen molar-refractivity contribution >= 4 is 0 Å². The first kappa shape index (κ1) is 12.9. The molecule has 3 aliphatic rings. The molecule has 2 heterocycles. The fraction of sp³-hybridized carbons (Fsp3) is 1.00. The molecule has 0 aromatic rings. The minimum atomic E-state index is 0.366. The molecule has 3 fully saturated rings. The lowest BCUT2D eigenvalue weighted by Crippen LogP contribution is -2.66. The highest BCUT2D eigenvalue weighted by molar-refractivity contribution is 5.05. The van der Waals surface area contributed by atoms with E-state index in [-0.39, 0.29) is 0 Å². The molecule has 0 aromatic carbocycles. The molecule has 1 aliphatic carbocycles. The van der Waals surface area contributed by atoms with E-state index in [9.17, 15) is 0 Å². The summed E-state index contributed by atoms with van der Waals surface area (Å²) in [5.41, 5.74) is 0.366. The van der Waals surface area contributed by atoms with E-state index in [1.807, 2.05) is 0 Å². The van der Waals surface area contributed by atoms with Crippen LogP contribution in [0.15, 0.2) is 0 Å². The Bertz CT molecular complexity index is 305. The molecule has 3 rings (SSSR count). The van der Waals surface area contributed by atoms with Gasteiger partial charge in [-0.1, -0.05) is 6.92 Å². The average molecular weight is 252 g/mol. The quantitative estimate of drug-likeness (QED) is 0.812. The summed E-state index contributed by atoms with van der Waals surface area (Å²) in [5.74, 6) is 1.60. The smallest absolute Gasteiger partial charge is 0.0506 e. The van der Waals surface area contributed by atoms with Crippen LogP contribution in [-0.2, 0) is 4.74 Å². The Balaban J connectivity index is 1.72. The lowest BCUT2D eigenvalue weighted by Gasteiger charge is -2.51. The van der Waals surface area contributed by atoms with Gasteiger partial charge in [-0.15, -0.1) is 0 Å². The van der Waals surface area contributed by atoms with Gasteiger partial charge in [0.1, 0.15) is 0 Å². The van der Waals surface area contributed by atoms with Crippen LogP contribution in [-0.4, -0.2) is 48.8 Å². The van der Waals surface area contributed by atoms with Crippen LogP contribution >= 0.6 is 0 Å². The Morgan fingerprint density at radius 2 is 2.00 bits per heavy atom. The van der Waals surface area contributed by atoms with E-state index < -0.39 is 0 Å². The highest BCUT2D eigenvalue weighted by atomic mass is 16.5. The third-order valence-electron chi connectivity index (χ3n) is 5.38. The molecule has 0 spiro atoms. The van der Waals surface area contributed by atoms with Crippen molar-refractivity contribution in [3.05, 3.63) is 0 Å². The molecule has 2 aliphatic heterocycles.